The topological polar surface area (TPSA) is 48.5 Å². The van der Waals surface area contributed by atoms with E-state index in [9.17, 15) is 0 Å². The van der Waals surface area contributed by atoms with Crippen molar-refractivity contribution in [2.24, 2.45) is 7.05 Å². The van der Waals surface area contributed by atoms with Crippen LogP contribution in [0.4, 0.5) is 0 Å². The van der Waals surface area contributed by atoms with E-state index in [0.717, 1.165) is 24.4 Å². The molecule has 0 radical (unpaired) electrons. The third-order valence-electron chi connectivity index (χ3n) is 3.01. The summed E-state index contributed by atoms with van der Waals surface area (Å²) in [5, 5.41) is 8.68. The predicted octanol–water partition coefficient (Wildman–Crippen LogP) is 2.53. The standard InChI is InChI=1S/C14H14IN5/c1-19-9-11(8-17-19)5-6-20-10-16-14(18-20)12-3-2-4-13(15)7-12/h2-4,7-10H,5-6H2,1H3. The van der Waals surface area contributed by atoms with E-state index in [1.807, 2.05) is 40.9 Å². The molecule has 0 saturated heterocycles. The van der Waals surface area contributed by atoms with E-state index in [4.69, 9.17) is 0 Å². The molecule has 0 unspecified atom stereocenters. The second-order valence-corrected chi connectivity index (χ2v) is 5.86. The zero-order chi connectivity index (χ0) is 13.9. The molecule has 0 amide bonds. The van der Waals surface area contributed by atoms with E-state index in [-0.39, 0.29) is 0 Å². The third-order valence-corrected chi connectivity index (χ3v) is 3.68. The average molecular weight is 379 g/mol. The third kappa shape index (κ3) is 3.06. The highest BCUT2D eigenvalue weighted by atomic mass is 127. The molecule has 0 atom stereocenters. The number of aromatic nitrogens is 5. The zero-order valence-electron chi connectivity index (χ0n) is 11.1. The van der Waals surface area contributed by atoms with Crippen molar-refractivity contribution in [1.82, 2.24) is 24.5 Å². The summed E-state index contributed by atoms with van der Waals surface area (Å²) in [6.45, 7) is 0.808. The summed E-state index contributed by atoms with van der Waals surface area (Å²) in [6, 6.07) is 8.20. The Labute approximate surface area is 130 Å². The summed E-state index contributed by atoms with van der Waals surface area (Å²) in [6.07, 6.45) is 6.60. The lowest BCUT2D eigenvalue weighted by molar-refractivity contribution is 0.614. The smallest absolute Gasteiger partial charge is 0.181 e. The maximum absolute atomic E-state index is 4.52. The van der Waals surface area contributed by atoms with Gasteiger partial charge < -0.3 is 0 Å². The van der Waals surface area contributed by atoms with E-state index >= 15 is 0 Å². The Morgan fingerprint density at radius 3 is 2.95 bits per heavy atom. The first-order chi connectivity index (χ1) is 9.70. The number of nitrogens with zero attached hydrogens (tertiary/aromatic N) is 5. The van der Waals surface area contributed by atoms with Gasteiger partial charge in [0.05, 0.1) is 6.20 Å². The van der Waals surface area contributed by atoms with Crippen LogP contribution in [-0.4, -0.2) is 24.5 Å². The second-order valence-electron chi connectivity index (χ2n) is 4.61. The lowest BCUT2D eigenvalue weighted by Crippen LogP contribution is -2.01. The van der Waals surface area contributed by atoms with Gasteiger partial charge in [0.1, 0.15) is 6.33 Å². The van der Waals surface area contributed by atoms with Crippen LogP contribution in [0, 0.1) is 3.57 Å². The molecule has 2 heterocycles. The SMILES string of the molecule is Cn1cc(CCn2cnc(-c3cccc(I)c3)n2)cn1. The summed E-state index contributed by atoms with van der Waals surface area (Å²) in [7, 11) is 1.92. The molecule has 5 nitrogen and oxygen atoms in total. The molecule has 0 bridgehead atoms. The van der Waals surface area contributed by atoms with Crippen molar-refractivity contribution < 1.29 is 0 Å². The fraction of sp³-hybridized carbons (Fsp3) is 0.214. The van der Waals surface area contributed by atoms with Crippen molar-refractivity contribution in [2.45, 2.75) is 13.0 Å². The molecule has 6 heteroatoms. The Morgan fingerprint density at radius 2 is 2.20 bits per heavy atom. The van der Waals surface area contributed by atoms with Crippen LogP contribution in [0.1, 0.15) is 5.56 Å². The van der Waals surface area contributed by atoms with Gasteiger partial charge in [-0.05, 0) is 46.7 Å². The average Bonchev–Trinajstić information content (AvgIpc) is 3.05. The summed E-state index contributed by atoms with van der Waals surface area (Å²) in [5.41, 5.74) is 2.26. The maximum atomic E-state index is 4.52. The zero-order valence-corrected chi connectivity index (χ0v) is 13.2. The van der Waals surface area contributed by atoms with Gasteiger partial charge in [-0.2, -0.15) is 10.2 Å². The molecule has 0 aliphatic rings. The first-order valence-electron chi connectivity index (χ1n) is 6.33. The second kappa shape index (κ2) is 5.74. The molecule has 3 rings (SSSR count). The molecular weight excluding hydrogens is 365 g/mol. The van der Waals surface area contributed by atoms with Crippen LogP contribution in [0.25, 0.3) is 11.4 Å². The van der Waals surface area contributed by atoms with E-state index in [2.05, 4.69) is 49.9 Å². The van der Waals surface area contributed by atoms with Crippen LogP contribution < -0.4 is 0 Å². The van der Waals surface area contributed by atoms with E-state index in [1.54, 1.807) is 6.33 Å². The fourth-order valence-electron chi connectivity index (χ4n) is 2.01. The Morgan fingerprint density at radius 1 is 1.30 bits per heavy atom. The van der Waals surface area contributed by atoms with E-state index < -0.39 is 0 Å². The van der Waals surface area contributed by atoms with Gasteiger partial charge in [0.25, 0.3) is 0 Å². The van der Waals surface area contributed by atoms with Crippen LogP contribution in [0.5, 0.6) is 0 Å². The lowest BCUT2D eigenvalue weighted by Gasteiger charge is -1.98. The monoisotopic (exact) mass is 379 g/mol. The molecule has 0 saturated carbocycles. The van der Waals surface area contributed by atoms with E-state index in [1.165, 1.54) is 9.13 Å². The van der Waals surface area contributed by atoms with Gasteiger partial charge >= 0.3 is 0 Å². The summed E-state index contributed by atoms with van der Waals surface area (Å²) in [4.78, 5) is 4.37. The first-order valence-corrected chi connectivity index (χ1v) is 7.41. The number of hydrogen-bond acceptors (Lipinski definition) is 3. The molecule has 0 aliphatic heterocycles. The van der Waals surface area contributed by atoms with Gasteiger partial charge in [-0.15, -0.1) is 0 Å². The van der Waals surface area contributed by atoms with Crippen molar-refractivity contribution in [2.75, 3.05) is 0 Å². The van der Waals surface area contributed by atoms with Gasteiger partial charge in [0.2, 0.25) is 0 Å². The normalized spacial score (nSPS) is 10.9. The van der Waals surface area contributed by atoms with Gasteiger partial charge in [-0.25, -0.2) is 4.98 Å². The Balaban J connectivity index is 1.70. The maximum Gasteiger partial charge on any atom is 0.181 e. The molecule has 0 spiro atoms. The van der Waals surface area contributed by atoms with Crippen molar-refractivity contribution in [3.8, 4) is 11.4 Å². The summed E-state index contributed by atoms with van der Waals surface area (Å²) < 4.78 is 4.88. The highest BCUT2D eigenvalue weighted by Gasteiger charge is 2.05. The van der Waals surface area contributed by atoms with Crippen molar-refractivity contribution in [3.63, 3.8) is 0 Å². The summed E-state index contributed by atoms with van der Waals surface area (Å²) >= 11 is 2.29. The lowest BCUT2D eigenvalue weighted by atomic mass is 10.2. The molecule has 0 N–H and O–H groups in total. The number of hydrogen-bond donors (Lipinski definition) is 0. The Hall–Kier alpha value is -1.70. The molecule has 1 aromatic carbocycles. The number of rotatable bonds is 4. The van der Waals surface area contributed by atoms with Gasteiger partial charge in [-0.3, -0.25) is 9.36 Å². The van der Waals surface area contributed by atoms with Gasteiger partial charge in [0.15, 0.2) is 5.82 Å². The Bertz CT molecular complexity index is 716. The van der Waals surface area contributed by atoms with E-state index in [0.29, 0.717) is 0 Å². The molecule has 20 heavy (non-hydrogen) atoms. The minimum atomic E-state index is 0.773. The largest absolute Gasteiger partial charge is 0.276 e. The molecular formula is C14H14IN5. The number of halogens is 1. The van der Waals surface area contributed by atoms with Crippen LogP contribution >= 0.6 is 22.6 Å². The quantitative estimate of drug-likeness (QED) is 0.655. The van der Waals surface area contributed by atoms with Crippen molar-refractivity contribution in [1.29, 1.82) is 0 Å². The molecule has 102 valence electrons. The van der Waals surface area contributed by atoms with Crippen molar-refractivity contribution >= 4 is 22.6 Å². The summed E-state index contributed by atoms with van der Waals surface area (Å²) in [5.74, 6) is 0.773. The minimum absolute atomic E-state index is 0.773. The van der Waals surface area contributed by atoms with Crippen LogP contribution in [0.3, 0.4) is 0 Å². The molecule has 3 aromatic rings. The molecule has 0 aliphatic carbocycles. The molecule has 2 aromatic heterocycles. The van der Waals surface area contributed by atoms with Crippen LogP contribution in [0.2, 0.25) is 0 Å². The van der Waals surface area contributed by atoms with Gasteiger partial charge in [-0.1, -0.05) is 12.1 Å². The van der Waals surface area contributed by atoms with Crippen molar-refractivity contribution in [3.05, 3.63) is 52.1 Å². The van der Waals surface area contributed by atoms with Gasteiger partial charge in [0, 0.05) is 28.9 Å². The fourth-order valence-corrected chi connectivity index (χ4v) is 2.55. The number of aryl methyl sites for hydroxylation is 3. The molecule has 0 fully saturated rings. The van der Waals surface area contributed by atoms with Crippen LogP contribution in [-0.2, 0) is 20.0 Å². The highest BCUT2D eigenvalue weighted by Crippen LogP contribution is 2.17. The predicted molar refractivity (Wildman–Crippen MR) is 85.1 cm³/mol. The first kappa shape index (κ1) is 13.3. The minimum Gasteiger partial charge on any atom is -0.276 e. The van der Waals surface area contributed by atoms with Crippen LogP contribution in [0.15, 0.2) is 43.0 Å². The highest BCUT2D eigenvalue weighted by molar-refractivity contribution is 14.1. The number of benzene rings is 1. The Kier molecular flexibility index (Phi) is 3.81.